The minimum Gasteiger partial charge on any atom is -0.368 e. The molecule has 1 aliphatic rings. The van der Waals surface area contributed by atoms with E-state index in [1.165, 1.54) is 17.0 Å². The summed E-state index contributed by atoms with van der Waals surface area (Å²) in [5, 5.41) is 0.248. The molecule has 0 saturated carbocycles. The van der Waals surface area contributed by atoms with Gasteiger partial charge in [0.25, 0.3) is 5.91 Å². The molecule has 1 unspecified atom stereocenters. The summed E-state index contributed by atoms with van der Waals surface area (Å²) in [6.07, 6.45) is 2.30. The van der Waals surface area contributed by atoms with Crippen LogP contribution in [-0.2, 0) is 4.79 Å². The first kappa shape index (κ1) is 14.1. The van der Waals surface area contributed by atoms with E-state index in [2.05, 4.69) is 4.98 Å². The lowest BCUT2D eigenvalue weighted by molar-refractivity contribution is -0.123. The van der Waals surface area contributed by atoms with Gasteiger partial charge in [-0.3, -0.25) is 9.59 Å². The monoisotopic (exact) mass is 301 g/mol. The third-order valence-electron chi connectivity index (χ3n) is 3.14. The number of halogens is 2. The van der Waals surface area contributed by atoms with Crippen LogP contribution in [0.25, 0.3) is 0 Å². The number of amides is 2. The fourth-order valence-corrected chi connectivity index (χ4v) is 2.62. The number of hydrogen-bond acceptors (Lipinski definition) is 3. The number of piperidine rings is 1. The summed E-state index contributed by atoms with van der Waals surface area (Å²) in [4.78, 5) is 29.1. The van der Waals surface area contributed by atoms with E-state index < -0.39 is 11.9 Å². The zero-order valence-electron chi connectivity index (χ0n) is 10.1. The number of nitrogens with two attached hydrogens (primary N) is 1. The first-order valence-electron chi connectivity index (χ1n) is 5.93. The molecule has 102 valence electrons. The Morgan fingerprint density at radius 1 is 1.32 bits per heavy atom. The maximum Gasteiger partial charge on any atom is 0.257 e. The van der Waals surface area contributed by atoms with Gasteiger partial charge < -0.3 is 10.6 Å². The number of carbonyl (C=O) groups excluding carboxylic acids is 2. The number of pyridine rings is 1. The Balaban J connectivity index is 2.28. The molecule has 1 aromatic heterocycles. The molecule has 0 aromatic carbocycles. The average molecular weight is 302 g/mol. The summed E-state index contributed by atoms with van der Waals surface area (Å²) in [6.45, 7) is 0.491. The third kappa shape index (κ3) is 2.98. The van der Waals surface area contributed by atoms with E-state index in [4.69, 9.17) is 28.9 Å². The van der Waals surface area contributed by atoms with Crippen LogP contribution in [0.3, 0.4) is 0 Å². The van der Waals surface area contributed by atoms with Crippen molar-refractivity contribution in [3.8, 4) is 0 Å². The summed E-state index contributed by atoms with van der Waals surface area (Å²) in [5.74, 6) is -0.830. The van der Waals surface area contributed by atoms with Gasteiger partial charge in [0.15, 0.2) is 0 Å². The molecule has 1 aromatic rings. The smallest absolute Gasteiger partial charge is 0.257 e. The molecule has 0 radical (unpaired) electrons. The van der Waals surface area contributed by atoms with Gasteiger partial charge in [0.2, 0.25) is 5.91 Å². The van der Waals surface area contributed by atoms with Crippen molar-refractivity contribution in [2.24, 2.45) is 5.73 Å². The van der Waals surface area contributed by atoms with Crippen molar-refractivity contribution < 1.29 is 9.59 Å². The van der Waals surface area contributed by atoms with E-state index in [0.717, 1.165) is 12.8 Å². The number of primary amides is 1. The Morgan fingerprint density at radius 2 is 2.05 bits per heavy atom. The first-order chi connectivity index (χ1) is 9.00. The molecule has 7 heteroatoms. The van der Waals surface area contributed by atoms with Crippen molar-refractivity contribution in [1.82, 2.24) is 9.88 Å². The predicted molar refractivity (Wildman–Crippen MR) is 72.1 cm³/mol. The Morgan fingerprint density at radius 3 is 2.68 bits per heavy atom. The molecule has 0 spiro atoms. The van der Waals surface area contributed by atoms with Crippen molar-refractivity contribution in [1.29, 1.82) is 0 Å². The van der Waals surface area contributed by atoms with E-state index in [1.54, 1.807) is 0 Å². The number of carbonyl (C=O) groups is 2. The maximum atomic E-state index is 12.4. The van der Waals surface area contributed by atoms with Gasteiger partial charge in [-0.15, -0.1) is 0 Å². The van der Waals surface area contributed by atoms with Crippen LogP contribution in [0.2, 0.25) is 10.3 Å². The fraction of sp³-hybridized carbons (Fsp3) is 0.417. The van der Waals surface area contributed by atoms with E-state index >= 15 is 0 Å². The zero-order valence-corrected chi connectivity index (χ0v) is 11.6. The van der Waals surface area contributed by atoms with E-state index in [0.29, 0.717) is 13.0 Å². The largest absolute Gasteiger partial charge is 0.368 e. The molecule has 2 N–H and O–H groups in total. The molecular formula is C12H13Cl2N3O2. The van der Waals surface area contributed by atoms with Crippen LogP contribution in [0.5, 0.6) is 0 Å². The van der Waals surface area contributed by atoms with Crippen molar-refractivity contribution >= 4 is 35.0 Å². The Bertz CT molecular complexity index is 522. The van der Waals surface area contributed by atoms with Crippen LogP contribution in [0.15, 0.2) is 12.1 Å². The second-order valence-corrected chi connectivity index (χ2v) is 5.13. The molecule has 0 aliphatic carbocycles. The number of nitrogens with zero attached hydrogens (tertiary/aromatic N) is 2. The molecule has 2 rings (SSSR count). The second-order valence-electron chi connectivity index (χ2n) is 4.38. The molecule has 1 aliphatic heterocycles. The summed E-state index contributed by atoms with van der Waals surface area (Å²) in [5.41, 5.74) is 5.57. The molecule has 2 amide bonds. The van der Waals surface area contributed by atoms with Gasteiger partial charge in [-0.05, 0) is 31.4 Å². The quantitative estimate of drug-likeness (QED) is 0.847. The van der Waals surface area contributed by atoms with Gasteiger partial charge in [-0.1, -0.05) is 23.2 Å². The Kier molecular flexibility index (Phi) is 4.27. The zero-order chi connectivity index (χ0) is 14.0. The maximum absolute atomic E-state index is 12.4. The number of hydrogen-bond donors (Lipinski definition) is 1. The predicted octanol–water partition coefficient (Wildman–Crippen LogP) is 1.87. The lowest BCUT2D eigenvalue weighted by atomic mass is 10.0. The van der Waals surface area contributed by atoms with Crippen LogP contribution < -0.4 is 5.73 Å². The highest BCUT2D eigenvalue weighted by Gasteiger charge is 2.32. The van der Waals surface area contributed by atoms with Gasteiger partial charge in [0, 0.05) is 6.54 Å². The highest BCUT2D eigenvalue weighted by molar-refractivity contribution is 6.34. The van der Waals surface area contributed by atoms with Gasteiger partial charge in [-0.25, -0.2) is 4.98 Å². The molecule has 1 saturated heterocycles. The highest BCUT2D eigenvalue weighted by Crippen LogP contribution is 2.23. The lowest BCUT2D eigenvalue weighted by Gasteiger charge is -2.33. The number of aromatic nitrogens is 1. The minimum absolute atomic E-state index is 0.0336. The summed E-state index contributed by atoms with van der Waals surface area (Å²) in [6, 6.07) is 2.42. The highest BCUT2D eigenvalue weighted by atomic mass is 35.5. The Labute approximate surface area is 120 Å². The van der Waals surface area contributed by atoms with Gasteiger partial charge in [0.1, 0.15) is 16.3 Å². The standard InChI is InChI=1S/C12H13Cl2N3O2/c13-9-5-4-7(10(14)16-9)12(19)17-6-2-1-3-8(17)11(15)18/h4-5,8H,1-3,6H2,(H2,15,18). The third-order valence-corrected chi connectivity index (χ3v) is 3.64. The minimum atomic E-state index is -0.576. The SMILES string of the molecule is NC(=O)C1CCCCN1C(=O)c1ccc(Cl)nc1Cl. The van der Waals surface area contributed by atoms with Gasteiger partial charge >= 0.3 is 0 Å². The second kappa shape index (κ2) is 5.75. The molecule has 2 heterocycles. The van der Waals surface area contributed by atoms with E-state index in [-0.39, 0.29) is 21.8 Å². The number of likely N-dealkylation sites (tertiary alicyclic amines) is 1. The van der Waals surface area contributed by atoms with Gasteiger partial charge in [-0.2, -0.15) is 0 Å². The van der Waals surface area contributed by atoms with Crippen LogP contribution in [0, 0.1) is 0 Å². The van der Waals surface area contributed by atoms with Crippen LogP contribution in [0.1, 0.15) is 29.6 Å². The summed E-state index contributed by atoms with van der Waals surface area (Å²) >= 11 is 11.6. The van der Waals surface area contributed by atoms with Gasteiger partial charge in [0.05, 0.1) is 5.56 Å². The lowest BCUT2D eigenvalue weighted by Crippen LogP contribution is -2.50. The number of rotatable bonds is 2. The fourth-order valence-electron chi connectivity index (χ4n) is 2.20. The summed E-state index contributed by atoms with van der Waals surface area (Å²) < 4.78 is 0. The molecule has 1 fully saturated rings. The van der Waals surface area contributed by atoms with Crippen LogP contribution >= 0.6 is 23.2 Å². The van der Waals surface area contributed by atoms with Crippen LogP contribution in [-0.4, -0.2) is 34.3 Å². The van der Waals surface area contributed by atoms with E-state index in [9.17, 15) is 9.59 Å². The molecular weight excluding hydrogens is 289 g/mol. The van der Waals surface area contributed by atoms with Crippen molar-refractivity contribution in [3.05, 3.63) is 28.0 Å². The normalized spacial score (nSPS) is 19.3. The molecule has 19 heavy (non-hydrogen) atoms. The molecule has 0 bridgehead atoms. The molecule has 1 atom stereocenters. The average Bonchev–Trinajstić information content (AvgIpc) is 2.38. The van der Waals surface area contributed by atoms with E-state index in [1.807, 2.05) is 0 Å². The van der Waals surface area contributed by atoms with Crippen LogP contribution in [0.4, 0.5) is 0 Å². The van der Waals surface area contributed by atoms with Crippen molar-refractivity contribution in [2.45, 2.75) is 25.3 Å². The Hall–Kier alpha value is -1.33. The summed E-state index contributed by atoms with van der Waals surface area (Å²) in [7, 11) is 0. The first-order valence-corrected chi connectivity index (χ1v) is 6.68. The molecule has 5 nitrogen and oxygen atoms in total. The van der Waals surface area contributed by atoms with Crippen molar-refractivity contribution in [2.75, 3.05) is 6.54 Å². The topological polar surface area (TPSA) is 76.3 Å². The van der Waals surface area contributed by atoms with Crippen molar-refractivity contribution in [3.63, 3.8) is 0 Å².